The highest BCUT2D eigenvalue weighted by molar-refractivity contribution is 5.88. The molecule has 0 radical (unpaired) electrons. The van der Waals surface area contributed by atoms with E-state index in [1.54, 1.807) is 0 Å². The SMILES string of the molecule is CC(C)c1cc(C(=O)O)cc(-n2cc(C(F)(F)F)cn2)n1. The molecule has 0 amide bonds. The predicted molar refractivity (Wildman–Crippen MR) is 67.4 cm³/mol. The first-order chi connectivity index (χ1) is 9.68. The second kappa shape index (κ2) is 5.19. The number of aromatic nitrogens is 3. The molecule has 0 aliphatic rings. The Labute approximate surface area is 118 Å². The van der Waals surface area contributed by atoms with Crippen molar-refractivity contribution in [1.82, 2.24) is 14.8 Å². The molecule has 0 bridgehead atoms. The minimum Gasteiger partial charge on any atom is -0.478 e. The van der Waals surface area contributed by atoms with Gasteiger partial charge >= 0.3 is 12.1 Å². The van der Waals surface area contributed by atoms with Crippen molar-refractivity contribution >= 4 is 5.97 Å². The molecule has 1 N–H and O–H groups in total. The van der Waals surface area contributed by atoms with E-state index in [0.29, 0.717) is 11.9 Å². The first-order valence-electron chi connectivity index (χ1n) is 6.06. The van der Waals surface area contributed by atoms with E-state index in [4.69, 9.17) is 5.11 Å². The van der Waals surface area contributed by atoms with Crippen molar-refractivity contribution in [3.63, 3.8) is 0 Å². The largest absolute Gasteiger partial charge is 0.478 e. The first kappa shape index (κ1) is 15.0. The van der Waals surface area contributed by atoms with Gasteiger partial charge in [-0.15, -0.1) is 0 Å². The Hall–Kier alpha value is -2.38. The highest BCUT2D eigenvalue weighted by Crippen LogP contribution is 2.29. The zero-order valence-corrected chi connectivity index (χ0v) is 11.2. The van der Waals surface area contributed by atoms with E-state index in [2.05, 4.69) is 10.1 Å². The maximum Gasteiger partial charge on any atom is 0.419 e. The van der Waals surface area contributed by atoms with Crippen molar-refractivity contribution in [1.29, 1.82) is 0 Å². The summed E-state index contributed by atoms with van der Waals surface area (Å²) in [5.41, 5.74) is -0.502. The summed E-state index contributed by atoms with van der Waals surface area (Å²) in [7, 11) is 0. The van der Waals surface area contributed by atoms with Gasteiger partial charge in [-0.05, 0) is 18.1 Å². The molecule has 0 fully saturated rings. The molecule has 2 rings (SSSR count). The van der Waals surface area contributed by atoms with E-state index in [-0.39, 0.29) is 17.3 Å². The van der Waals surface area contributed by atoms with E-state index < -0.39 is 17.7 Å². The Bertz CT molecular complexity index is 678. The molecule has 0 spiro atoms. The Morgan fingerprint density at radius 3 is 2.48 bits per heavy atom. The zero-order chi connectivity index (χ0) is 15.8. The Morgan fingerprint density at radius 1 is 1.33 bits per heavy atom. The topological polar surface area (TPSA) is 68.0 Å². The molecule has 21 heavy (non-hydrogen) atoms. The molecular weight excluding hydrogens is 287 g/mol. The molecule has 0 saturated heterocycles. The van der Waals surface area contributed by atoms with Crippen molar-refractivity contribution in [2.75, 3.05) is 0 Å². The van der Waals surface area contributed by atoms with Gasteiger partial charge in [-0.3, -0.25) is 0 Å². The van der Waals surface area contributed by atoms with Crippen LogP contribution in [0.15, 0.2) is 24.5 Å². The Morgan fingerprint density at radius 2 is 2.00 bits per heavy atom. The second-order valence-corrected chi connectivity index (χ2v) is 4.77. The molecule has 8 heteroatoms. The molecule has 0 aliphatic carbocycles. The smallest absolute Gasteiger partial charge is 0.419 e. The summed E-state index contributed by atoms with van der Waals surface area (Å²) in [6.45, 7) is 3.62. The second-order valence-electron chi connectivity index (χ2n) is 4.77. The average molecular weight is 299 g/mol. The first-order valence-corrected chi connectivity index (χ1v) is 6.06. The number of hydrogen-bond donors (Lipinski definition) is 1. The monoisotopic (exact) mass is 299 g/mol. The lowest BCUT2D eigenvalue weighted by Crippen LogP contribution is -2.07. The highest BCUT2D eigenvalue weighted by atomic mass is 19.4. The van der Waals surface area contributed by atoms with E-state index in [1.807, 2.05) is 13.8 Å². The summed E-state index contributed by atoms with van der Waals surface area (Å²) in [6.07, 6.45) is -3.06. The number of pyridine rings is 1. The number of carbonyl (C=O) groups is 1. The highest BCUT2D eigenvalue weighted by Gasteiger charge is 2.32. The quantitative estimate of drug-likeness (QED) is 0.945. The van der Waals surface area contributed by atoms with Gasteiger partial charge in [-0.2, -0.15) is 18.3 Å². The summed E-state index contributed by atoms with van der Waals surface area (Å²) >= 11 is 0. The molecule has 0 aliphatic heterocycles. The Balaban J connectivity index is 2.52. The van der Waals surface area contributed by atoms with Crippen LogP contribution in [0.25, 0.3) is 5.82 Å². The van der Waals surface area contributed by atoms with Gasteiger partial charge in [0, 0.05) is 11.9 Å². The molecule has 0 saturated carbocycles. The number of alkyl halides is 3. The lowest BCUT2D eigenvalue weighted by molar-refractivity contribution is -0.137. The van der Waals surface area contributed by atoms with Gasteiger partial charge < -0.3 is 5.11 Å². The fraction of sp³-hybridized carbons (Fsp3) is 0.308. The summed E-state index contributed by atoms with van der Waals surface area (Å²) in [5, 5.41) is 12.7. The van der Waals surface area contributed by atoms with E-state index >= 15 is 0 Å². The number of carboxylic acids is 1. The number of rotatable bonds is 3. The maximum atomic E-state index is 12.6. The number of nitrogens with zero attached hydrogens (tertiary/aromatic N) is 3. The molecule has 112 valence electrons. The van der Waals surface area contributed by atoms with Crippen LogP contribution < -0.4 is 0 Å². The average Bonchev–Trinajstić information content (AvgIpc) is 2.87. The van der Waals surface area contributed by atoms with Crippen molar-refractivity contribution in [2.45, 2.75) is 25.9 Å². The lowest BCUT2D eigenvalue weighted by atomic mass is 10.1. The van der Waals surface area contributed by atoms with Crippen LogP contribution in [0.2, 0.25) is 0 Å². The minimum atomic E-state index is -4.51. The summed E-state index contributed by atoms with van der Waals surface area (Å²) in [6, 6.07) is 2.58. The summed E-state index contributed by atoms with van der Waals surface area (Å²) in [5.74, 6) is -1.21. The number of aromatic carboxylic acids is 1. The van der Waals surface area contributed by atoms with Crippen molar-refractivity contribution < 1.29 is 23.1 Å². The molecule has 0 aromatic carbocycles. The van der Waals surface area contributed by atoms with Crippen LogP contribution in [0.5, 0.6) is 0 Å². The minimum absolute atomic E-state index is 0.0362. The van der Waals surface area contributed by atoms with Gasteiger partial charge in [0.05, 0.1) is 17.3 Å². The van der Waals surface area contributed by atoms with Crippen molar-refractivity contribution in [2.24, 2.45) is 0 Å². The van der Waals surface area contributed by atoms with Crippen LogP contribution in [-0.4, -0.2) is 25.8 Å². The third kappa shape index (κ3) is 3.21. The number of hydrogen-bond acceptors (Lipinski definition) is 3. The standard InChI is InChI=1S/C13H12F3N3O2/c1-7(2)10-3-8(12(20)21)4-11(18-10)19-6-9(5-17-19)13(14,15)16/h3-7H,1-2H3,(H,20,21). The summed E-state index contributed by atoms with van der Waals surface area (Å²) in [4.78, 5) is 15.2. The van der Waals surface area contributed by atoms with Crippen LogP contribution in [-0.2, 0) is 6.18 Å². The van der Waals surface area contributed by atoms with E-state index in [1.165, 1.54) is 12.1 Å². The fourth-order valence-corrected chi connectivity index (χ4v) is 1.67. The van der Waals surface area contributed by atoms with Gasteiger partial charge in [-0.1, -0.05) is 13.8 Å². The van der Waals surface area contributed by atoms with Crippen LogP contribution >= 0.6 is 0 Å². The van der Waals surface area contributed by atoms with E-state index in [0.717, 1.165) is 10.9 Å². The third-order valence-electron chi connectivity index (χ3n) is 2.81. The van der Waals surface area contributed by atoms with Crippen molar-refractivity contribution in [3.8, 4) is 5.82 Å². The fourth-order valence-electron chi connectivity index (χ4n) is 1.67. The Kier molecular flexibility index (Phi) is 3.71. The van der Waals surface area contributed by atoms with Crippen LogP contribution in [0, 0.1) is 0 Å². The molecule has 2 aromatic heterocycles. The zero-order valence-electron chi connectivity index (χ0n) is 11.2. The molecule has 2 heterocycles. The molecule has 5 nitrogen and oxygen atoms in total. The predicted octanol–water partition coefficient (Wildman–Crippen LogP) is 3.11. The van der Waals surface area contributed by atoms with Crippen LogP contribution in [0.1, 0.15) is 41.4 Å². The third-order valence-corrected chi connectivity index (χ3v) is 2.81. The lowest BCUT2D eigenvalue weighted by Gasteiger charge is -2.09. The van der Waals surface area contributed by atoms with Gasteiger partial charge in [0.1, 0.15) is 0 Å². The van der Waals surface area contributed by atoms with Gasteiger partial charge in [0.2, 0.25) is 0 Å². The van der Waals surface area contributed by atoms with Gasteiger partial charge in [0.25, 0.3) is 0 Å². The van der Waals surface area contributed by atoms with Crippen LogP contribution in [0.3, 0.4) is 0 Å². The molecule has 0 atom stereocenters. The van der Waals surface area contributed by atoms with Gasteiger partial charge in [0.15, 0.2) is 5.82 Å². The number of halogens is 3. The number of carboxylic acid groups (broad SMARTS) is 1. The maximum absolute atomic E-state index is 12.6. The summed E-state index contributed by atoms with van der Waals surface area (Å²) < 4.78 is 38.6. The molecule has 2 aromatic rings. The molecular formula is C13H12F3N3O2. The normalized spacial score (nSPS) is 11.9. The van der Waals surface area contributed by atoms with Crippen molar-refractivity contribution in [3.05, 3.63) is 41.3 Å². The van der Waals surface area contributed by atoms with Gasteiger partial charge in [-0.25, -0.2) is 14.5 Å². The van der Waals surface area contributed by atoms with E-state index in [9.17, 15) is 18.0 Å². The molecule has 0 unspecified atom stereocenters. The van der Waals surface area contributed by atoms with Crippen LogP contribution in [0.4, 0.5) is 13.2 Å².